The van der Waals surface area contributed by atoms with Gasteiger partial charge in [0, 0.05) is 0 Å². The molecular weight excluding hydrogens is 260 g/mol. The second-order valence-corrected chi connectivity index (χ2v) is 6.72. The average molecular weight is 288 g/mol. The molecule has 0 bridgehead atoms. The molecule has 0 aliphatic heterocycles. The van der Waals surface area contributed by atoms with Crippen LogP contribution in [0.4, 0.5) is 4.79 Å². The van der Waals surface area contributed by atoms with Crippen molar-refractivity contribution in [2.75, 3.05) is 0 Å². The van der Waals surface area contributed by atoms with Gasteiger partial charge in [-0.2, -0.15) is 0 Å². The summed E-state index contributed by atoms with van der Waals surface area (Å²) in [5.74, 6) is -0.541. The number of hydrogen-bond acceptors (Lipinski definition) is 5. The topological polar surface area (TPSA) is 90.6 Å². The van der Waals surface area contributed by atoms with Crippen LogP contribution in [0.5, 0.6) is 0 Å². The molecule has 0 saturated carbocycles. The van der Waals surface area contributed by atoms with Crippen LogP contribution in [0, 0.1) is 0 Å². The molecule has 0 spiro atoms. The van der Waals surface area contributed by atoms with Crippen LogP contribution in [0.15, 0.2) is 0 Å². The molecule has 0 aromatic carbocycles. The molecule has 0 heterocycles. The monoisotopic (exact) mass is 288 g/mol. The van der Waals surface area contributed by atoms with Gasteiger partial charge in [-0.05, 0) is 48.0 Å². The van der Waals surface area contributed by atoms with Crippen LogP contribution < -0.4 is 11.1 Å². The third-order valence-corrected chi connectivity index (χ3v) is 2.25. The maximum atomic E-state index is 11.9. The van der Waals surface area contributed by atoms with E-state index in [1.165, 1.54) is 0 Å². The van der Waals surface area contributed by atoms with Crippen molar-refractivity contribution in [1.82, 2.24) is 5.32 Å². The molecule has 2 atom stereocenters. The van der Waals surface area contributed by atoms with E-state index >= 15 is 0 Å². The maximum absolute atomic E-state index is 11.9. The summed E-state index contributed by atoms with van der Waals surface area (Å²) in [6, 6.07) is -1.45. The number of alkyl carbamates (subject to hydrolysis) is 1. The first-order chi connectivity index (χ1) is 8.85. The molecule has 0 radical (unpaired) electrons. The molecule has 0 fully saturated rings. The van der Waals surface area contributed by atoms with Gasteiger partial charge in [0.25, 0.3) is 0 Å². The standard InChI is InChI=1S/C14H28N2O4/c1-8-9(16-12(18)20-14(5,6)7)10(15)11(17)19-13(2,3)4/h9-10H,8,15H2,1-7H3,(H,16,18)/t9-,10+/m0/s1. The molecule has 1 amide bonds. The Balaban J connectivity index is 4.60. The van der Waals surface area contributed by atoms with Crippen molar-refractivity contribution in [3.8, 4) is 0 Å². The predicted molar refractivity (Wildman–Crippen MR) is 77.3 cm³/mol. The van der Waals surface area contributed by atoms with Crippen molar-refractivity contribution < 1.29 is 19.1 Å². The zero-order valence-electron chi connectivity index (χ0n) is 13.6. The van der Waals surface area contributed by atoms with Crippen LogP contribution in [-0.4, -0.2) is 35.3 Å². The van der Waals surface area contributed by atoms with E-state index < -0.39 is 35.3 Å². The lowest BCUT2D eigenvalue weighted by atomic mass is 10.1. The molecule has 0 aliphatic rings. The number of nitrogens with one attached hydrogen (secondary N) is 1. The highest BCUT2D eigenvalue weighted by Gasteiger charge is 2.30. The lowest BCUT2D eigenvalue weighted by molar-refractivity contribution is -0.157. The summed E-state index contributed by atoms with van der Waals surface area (Å²) < 4.78 is 10.4. The van der Waals surface area contributed by atoms with Gasteiger partial charge in [-0.3, -0.25) is 4.79 Å². The number of hydrogen-bond donors (Lipinski definition) is 2. The van der Waals surface area contributed by atoms with Gasteiger partial charge in [-0.1, -0.05) is 6.92 Å². The summed E-state index contributed by atoms with van der Waals surface area (Å²) in [6.07, 6.45) is -0.0945. The average Bonchev–Trinajstić information content (AvgIpc) is 2.19. The van der Waals surface area contributed by atoms with Crippen molar-refractivity contribution in [2.45, 2.75) is 78.2 Å². The summed E-state index contributed by atoms with van der Waals surface area (Å²) in [7, 11) is 0. The van der Waals surface area contributed by atoms with Crippen LogP contribution in [0.2, 0.25) is 0 Å². The molecule has 0 aromatic heterocycles. The third kappa shape index (κ3) is 7.99. The van der Waals surface area contributed by atoms with Crippen LogP contribution in [0.25, 0.3) is 0 Å². The van der Waals surface area contributed by atoms with Crippen LogP contribution >= 0.6 is 0 Å². The Kier molecular flexibility index (Phi) is 6.47. The number of amides is 1. The van der Waals surface area contributed by atoms with E-state index in [2.05, 4.69) is 5.32 Å². The van der Waals surface area contributed by atoms with Gasteiger partial charge in [-0.15, -0.1) is 0 Å². The van der Waals surface area contributed by atoms with Gasteiger partial charge < -0.3 is 20.5 Å². The van der Waals surface area contributed by atoms with Crippen molar-refractivity contribution in [1.29, 1.82) is 0 Å². The maximum Gasteiger partial charge on any atom is 0.407 e. The lowest BCUT2D eigenvalue weighted by Crippen LogP contribution is -2.53. The molecule has 20 heavy (non-hydrogen) atoms. The van der Waals surface area contributed by atoms with Gasteiger partial charge in [0.2, 0.25) is 0 Å². The Bertz CT molecular complexity index is 342. The van der Waals surface area contributed by atoms with Gasteiger partial charge >= 0.3 is 12.1 Å². The minimum atomic E-state index is -0.924. The van der Waals surface area contributed by atoms with E-state index in [-0.39, 0.29) is 0 Å². The molecule has 0 saturated heterocycles. The third-order valence-electron chi connectivity index (χ3n) is 2.25. The highest BCUT2D eigenvalue weighted by Crippen LogP contribution is 2.11. The smallest absolute Gasteiger partial charge is 0.407 e. The Hall–Kier alpha value is -1.30. The van der Waals surface area contributed by atoms with Crippen molar-refractivity contribution in [3.05, 3.63) is 0 Å². The van der Waals surface area contributed by atoms with Crippen molar-refractivity contribution in [2.24, 2.45) is 5.73 Å². The molecular formula is C14H28N2O4. The zero-order chi connectivity index (χ0) is 16.1. The number of rotatable bonds is 4. The normalized spacial score (nSPS) is 15.2. The van der Waals surface area contributed by atoms with Crippen molar-refractivity contribution >= 4 is 12.1 Å². The molecule has 0 aliphatic carbocycles. The quantitative estimate of drug-likeness (QED) is 0.772. The van der Waals surface area contributed by atoms with E-state index in [1.54, 1.807) is 41.5 Å². The number of carbonyl (C=O) groups is 2. The van der Waals surface area contributed by atoms with E-state index in [9.17, 15) is 9.59 Å². The largest absolute Gasteiger partial charge is 0.459 e. The zero-order valence-corrected chi connectivity index (χ0v) is 13.6. The second-order valence-electron chi connectivity index (χ2n) is 6.72. The molecule has 0 aromatic rings. The summed E-state index contributed by atoms with van der Waals surface area (Å²) in [5.41, 5.74) is 4.64. The molecule has 0 unspecified atom stereocenters. The van der Waals surface area contributed by atoms with E-state index in [1.807, 2.05) is 6.92 Å². The summed E-state index contributed by atoms with van der Waals surface area (Å²) >= 11 is 0. The van der Waals surface area contributed by atoms with Crippen LogP contribution in [-0.2, 0) is 14.3 Å². The van der Waals surface area contributed by atoms with Crippen LogP contribution in [0.1, 0.15) is 54.9 Å². The first kappa shape index (κ1) is 18.7. The predicted octanol–water partition coefficient (Wildman–Crippen LogP) is 1.96. The molecule has 6 heteroatoms. The fraction of sp³-hybridized carbons (Fsp3) is 0.857. The number of ether oxygens (including phenoxy) is 2. The fourth-order valence-corrected chi connectivity index (χ4v) is 1.44. The molecule has 6 nitrogen and oxygen atoms in total. The summed E-state index contributed by atoms with van der Waals surface area (Å²) in [5, 5.41) is 2.60. The highest BCUT2D eigenvalue weighted by atomic mass is 16.6. The van der Waals surface area contributed by atoms with Crippen LogP contribution in [0.3, 0.4) is 0 Å². The summed E-state index contributed by atoms with van der Waals surface area (Å²) in [6.45, 7) is 12.4. The Morgan fingerprint density at radius 1 is 1.05 bits per heavy atom. The Labute approximate surface area is 121 Å². The lowest BCUT2D eigenvalue weighted by Gasteiger charge is -2.28. The van der Waals surface area contributed by atoms with E-state index in [4.69, 9.17) is 15.2 Å². The first-order valence-corrected chi connectivity index (χ1v) is 6.83. The van der Waals surface area contributed by atoms with Crippen molar-refractivity contribution in [3.63, 3.8) is 0 Å². The minimum absolute atomic E-state index is 0.500. The Morgan fingerprint density at radius 3 is 1.85 bits per heavy atom. The van der Waals surface area contributed by atoms with Gasteiger partial charge in [0.1, 0.15) is 17.2 Å². The van der Waals surface area contributed by atoms with E-state index in [0.717, 1.165) is 0 Å². The molecule has 3 N–H and O–H groups in total. The SMILES string of the molecule is CC[C@H](NC(=O)OC(C)(C)C)[C@@H](N)C(=O)OC(C)(C)C. The van der Waals surface area contributed by atoms with Gasteiger partial charge in [0.05, 0.1) is 6.04 Å². The first-order valence-electron chi connectivity index (χ1n) is 6.83. The van der Waals surface area contributed by atoms with Gasteiger partial charge in [-0.25, -0.2) is 4.79 Å². The summed E-state index contributed by atoms with van der Waals surface area (Å²) in [4.78, 5) is 23.6. The number of esters is 1. The second kappa shape index (κ2) is 6.92. The highest BCUT2D eigenvalue weighted by molar-refractivity contribution is 5.78. The Morgan fingerprint density at radius 2 is 1.50 bits per heavy atom. The number of nitrogens with two attached hydrogens (primary N) is 1. The van der Waals surface area contributed by atoms with Gasteiger partial charge in [0.15, 0.2) is 0 Å². The number of carbonyl (C=O) groups excluding carboxylic acids is 2. The van der Waals surface area contributed by atoms with E-state index in [0.29, 0.717) is 6.42 Å². The molecule has 0 rings (SSSR count). The minimum Gasteiger partial charge on any atom is -0.459 e. The fourth-order valence-electron chi connectivity index (χ4n) is 1.44. The molecule has 118 valence electrons.